The van der Waals surface area contributed by atoms with Gasteiger partial charge in [-0.3, -0.25) is 9.59 Å². The largest absolute Gasteiger partial charge is 0.379 e. The van der Waals surface area contributed by atoms with E-state index in [1.807, 2.05) is 23.1 Å². The van der Waals surface area contributed by atoms with Gasteiger partial charge in [-0.1, -0.05) is 18.2 Å². The predicted molar refractivity (Wildman–Crippen MR) is 120 cm³/mol. The molecule has 0 radical (unpaired) electrons. The van der Waals surface area contributed by atoms with Gasteiger partial charge in [0.25, 0.3) is 5.91 Å². The van der Waals surface area contributed by atoms with Crippen molar-refractivity contribution >= 4 is 27.5 Å². The van der Waals surface area contributed by atoms with Crippen molar-refractivity contribution in [2.24, 2.45) is 0 Å². The van der Waals surface area contributed by atoms with Crippen LogP contribution in [0.5, 0.6) is 0 Å². The second-order valence-corrected chi connectivity index (χ2v) is 10.0. The first kappa shape index (κ1) is 22.4. The Labute approximate surface area is 188 Å². The average Bonchev–Trinajstić information content (AvgIpc) is 3.19. The summed E-state index contributed by atoms with van der Waals surface area (Å²) in [5.74, 6) is -0.232. The Morgan fingerprint density at radius 2 is 1.88 bits per heavy atom. The van der Waals surface area contributed by atoms with Crippen LogP contribution in [0.25, 0.3) is 0 Å². The van der Waals surface area contributed by atoms with E-state index in [4.69, 9.17) is 4.74 Å². The van der Waals surface area contributed by atoms with Crippen LogP contribution in [0, 0.1) is 6.92 Å². The van der Waals surface area contributed by atoms with Crippen LogP contribution in [0.3, 0.4) is 0 Å². The van der Waals surface area contributed by atoms with E-state index < -0.39 is 10.0 Å². The highest BCUT2D eigenvalue weighted by Gasteiger charge is 2.27. The van der Waals surface area contributed by atoms with Crippen LogP contribution < -0.4 is 5.32 Å². The number of amides is 2. The summed E-state index contributed by atoms with van der Waals surface area (Å²) < 4.78 is 32.6. The summed E-state index contributed by atoms with van der Waals surface area (Å²) >= 11 is 0. The first-order chi connectivity index (χ1) is 15.3. The van der Waals surface area contributed by atoms with Crippen molar-refractivity contribution in [3.8, 4) is 0 Å². The molecular formula is C23H27N3O5S. The Morgan fingerprint density at radius 3 is 2.59 bits per heavy atom. The SMILES string of the molecule is Cc1ccc(S(=O)(=O)N2CCOCC2)cc1C(=O)Nc1cccc(CN2CCCC2=O)c1. The number of rotatable bonds is 6. The topological polar surface area (TPSA) is 96.0 Å². The monoisotopic (exact) mass is 457 g/mol. The molecule has 32 heavy (non-hydrogen) atoms. The molecule has 2 aromatic carbocycles. The number of anilines is 1. The number of carbonyl (C=O) groups is 2. The molecule has 0 atom stereocenters. The van der Waals surface area contributed by atoms with Gasteiger partial charge in [0, 0.05) is 43.9 Å². The first-order valence-corrected chi connectivity index (χ1v) is 12.2. The second kappa shape index (κ2) is 9.40. The van der Waals surface area contributed by atoms with E-state index in [9.17, 15) is 18.0 Å². The normalized spacial score (nSPS) is 17.5. The molecule has 0 saturated carbocycles. The number of hydrogen-bond acceptors (Lipinski definition) is 5. The molecule has 2 aliphatic rings. The number of aryl methyl sites for hydroxylation is 1. The van der Waals surface area contributed by atoms with Gasteiger partial charge in [0.15, 0.2) is 0 Å². The number of nitrogens with zero attached hydrogens (tertiary/aromatic N) is 2. The van der Waals surface area contributed by atoms with Crippen molar-refractivity contribution in [1.29, 1.82) is 0 Å². The summed E-state index contributed by atoms with van der Waals surface area (Å²) in [4.78, 5) is 26.8. The Morgan fingerprint density at radius 1 is 1.09 bits per heavy atom. The van der Waals surface area contributed by atoms with Gasteiger partial charge in [0.05, 0.1) is 18.1 Å². The summed E-state index contributed by atoms with van der Waals surface area (Å²) in [6.07, 6.45) is 1.46. The van der Waals surface area contributed by atoms with Crippen molar-refractivity contribution in [1.82, 2.24) is 9.21 Å². The lowest BCUT2D eigenvalue weighted by atomic mass is 10.1. The molecule has 0 aromatic heterocycles. The van der Waals surface area contributed by atoms with Crippen LogP contribution in [-0.2, 0) is 26.1 Å². The molecule has 0 spiro atoms. The number of benzene rings is 2. The molecule has 2 fully saturated rings. The number of nitrogens with one attached hydrogen (secondary N) is 1. The minimum atomic E-state index is -3.70. The zero-order valence-corrected chi connectivity index (χ0v) is 18.9. The lowest BCUT2D eigenvalue weighted by Gasteiger charge is -2.26. The molecule has 1 N–H and O–H groups in total. The van der Waals surface area contributed by atoms with Crippen molar-refractivity contribution < 1.29 is 22.7 Å². The number of morpholine rings is 1. The minimum Gasteiger partial charge on any atom is -0.379 e. The standard InChI is InChI=1S/C23H27N3O5S/c1-17-7-8-20(32(29,30)26-10-12-31-13-11-26)15-21(17)23(28)24-19-5-2-4-18(14-19)16-25-9-3-6-22(25)27/h2,4-5,7-8,14-15H,3,6,9-13,16H2,1H3,(H,24,28). The molecule has 4 rings (SSSR count). The maximum absolute atomic E-state index is 13.0. The number of likely N-dealkylation sites (tertiary alicyclic amines) is 1. The lowest BCUT2D eigenvalue weighted by molar-refractivity contribution is -0.128. The number of hydrogen-bond donors (Lipinski definition) is 1. The van der Waals surface area contributed by atoms with Gasteiger partial charge in [0.1, 0.15) is 0 Å². The number of carbonyl (C=O) groups excluding carboxylic acids is 2. The van der Waals surface area contributed by atoms with E-state index >= 15 is 0 Å². The average molecular weight is 458 g/mol. The summed E-state index contributed by atoms with van der Waals surface area (Å²) in [6.45, 7) is 4.34. The molecule has 8 nitrogen and oxygen atoms in total. The highest BCUT2D eigenvalue weighted by molar-refractivity contribution is 7.89. The maximum Gasteiger partial charge on any atom is 0.255 e. The van der Waals surface area contributed by atoms with Crippen LogP contribution in [0.4, 0.5) is 5.69 Å². The zero-order chi connectivity index (χ0) is 22.7. The van der Waals surface area contributed by atoms with Crippen LogP contribution in [0.15, 0.2) is 47.4 Å². The Balaban J connectivity index is 1.52. The Bertz CT molecular complexity index is 1130. The highest BCUT2D eigenvalue weighted by atomic mass is 32.2. The smallest absolute Gasteiger partial charge is 0.255 e. The van der Waals surface area contributed by atoms with E-state index in [0.29, 0.717) is 56.1 Å². The minimum absolute atomic E-state index is 0.0939. The Kier molecular flexibility index (Phi) is 6.59. The zero-order valence-electron chi connectivity index (χ0n) is 18.0. The van der Waals surface area contributed by atoms with Gasteiger partial charge >= 0.3 is 0 Å². The molecule has 2 aliphatic heterocycles. The highest BCUT2D eigenvalue weighted by Crippen LogP contribution is 2.22. The fraction of sp³-hybridized carbons (Fsp3) is 0.391. The number of ether oxygens (including phenoxy) is 1. The molecule has 9 heteroatoms. The van der Waals surface area contributed by atoms with E-state index in [1.165, 1.54) is 16.4 Å². The molecule has 0 aliphatic carbocycles. The van der Waals surface area contributed by atoms with Crippen molar-refractivity contribution in [3.63, 3.8) is 0 Å². The van der Waals surface area contributed by atoms with Gasteiger partial charge in [0.2, 0.25) is 15.9 Å². The summed E-state index contributed by atoms with van der Waals surface area (Å²) in [5, 5.41) is 2.86. The molecule has 2 heterocycles. The lowest BCUT2D eigenvalue weighted by Crippen LogP contribution is -2.40. The molecule has 0 bridgehead atoms. The van der Waals surface area contributed by atoms with Crippen LogP contribution in [-0.4, -0.2) is 62.3 Å². The third kappa shape index (κ3) is 4.85. The van der Waals surface area contributed by atoms with Crippen molar-refractivity contribution in [3.05, 3.63) is 59.2 Å². The van der Waals surface area contributed by atoms with Gasteiger partial charge in [-0.2, -0.15) is 4.31 Å². The molecule has 0 unspecified atom stereocenters. The molecule has 2 aromatic rings. The summed E-state index contributed by atoms with van der Waals surface area (Å²) in [6, 6.07) is 12.0. The van der Waals surface area contributed by atoms with Crippen molar-refractivity contribution in [2.75, 3.05) is 38.2 Å². The van der Waals surface area contributed by atoms with Gasteiger partial charge < -0.3 is 15.0 Å². The van der Waals surface area contributed by atoms with E-state index in [2.05, 4.69) is 5.32 Å². The van der Waals surface area contributed by atoms with Crippen LogP contribution in [0.1, 0.15) is 34.3 Å². The van der Waals surface area contributed by atoms with Gasteiger partial charge in [-0.15, -0.1) is 0 Å². The fourth-order valence-corrected chi connectivity index (χ4v) is 5.41. The molecule has 170 valence electrons. The van der Waals surface area contributed by atoms with E-state index in [0.717, 1.165) is 18.5 Å². The Hall–Kier alpha value is -2.75. The van der Waals surface area contributed by atoms with E-state index in [1.54, 1.807) is 19.1 Å². The fourth-order valence-electron chi connectivity index (χ4n) is 3.98. The van der Waals surface area contributed by atoms with Crippen LogP contribution >= 0.6 is 0 Å². The second-order valence-electron chi connectivity index (χ2n) is 8.07. The van der Waals surface area contributed by atoms with E-state index in [-0.39, 0.29) is 16.7 Å². The summed E-state index contributed by atoms with van der Waals surface area (Å²) in [7, 11) is -3.70. The van der Waals surface area contributed by atoms with Crippen molar-refractivity contribution in [2.45, 2.75) is 31.2 Å². The first-order valence-electron chi connectivity index (χ1n) is 10.7. The number of sulfonamides is 1. The van der Waals surface area contributed by atoms with Gasteiger partial charge in [-0.05, 0) is 48.7 Å². The predicted octanol–water partition coefficient (Wildman–Crippen LogP) is 2.39. The third-order valence-electron chi connectivity index (χ3n) is 5.79. The molecular weight excluding hydrogens is 430 g/mol. The molecule has 2 amide bonds. The van der Waals surface area contributed by atoms with Crippen LogP contribution in [0.2, 0.25) is 0 Å². The van der Waals surface area contributed by atoms with Gasteiger partial charge in [-0.25, -0.2) is 8.42 Å². The quantitative estimate of drug-likeness (QED) is 0.719. The maximum atomic E-state index is 13.0. The third-order valence-corrected chi connectivity index (χ3v) is 7.69. The summed E-state index contributed by atoms with van der Waals surface area (Å²) in [5.41, 5.74) is 2.51. The molecule has 2 saturated heterocycles.